The molecule has 1 aromatic heterocycles. The number of halogens is 3. The summed E-state index contributed by atoms with van der Waals surface area (Å²) in [5, 5.41) is 5.81. The van der Waals surface area contributed by atoms with Gasteiger partial charge in [0, 0.05) is 17.6 Å². The number of rotatable bonds is 7. The van der Waals surface area contributed by atoms with Gasteiger partial charge in [0.1, 0.15) is 11.4 Å². The number of hydrogen-bond donors (Lipinski definition) is 2. The van der Waals surface area contributed by atoms with Gasteiger partial charge in [-0.2, -0.15) is 18.2 Å². The Kier molecular flexibility index (Phi) is 6.83. The van der Waals surface area contributed by atoms with Crippen LogP contribution >= 0.6 is 0 Å². The fourth-order valence-electron chi connectivity index (χ4n) is 3.21. The van der Waals surface area contributed by atoms with Crippen molar-refractivity contribution in [2.75, 3.05) is 10.6 Å². The number of alkyl halides is 3. The molecule has 2 N–H and O–H groups in total. The molecule has 1 heterocycles. The van der Waals surface area contributed by atoms with E-state index < -0.39 is 11.7 Å². The molecule has 0 bridgehead atoms. The highest BCUT2D eigenvalue weighted by atomic mass is 19.4. The Morgan fingerprint density at radius 2 is 1.61 bits per heavy atom. The van der Waals surface area contributed by atoms with Crippen molar-refractivity contribution in [3.8, 4) is 0 Å². The van der Waals surface area contributed by atoms with Gasteiger partial charge in [0.25, 0.3) is 0 Å². The molecule has 0 saturated heterocycles. The van der Waals surface area contributed by atoms with Gasteiger partial charge in [-0.05, 0) is 53.6 Å². The maximum absolute atomic E-state index is 13.5. The van der Waals surface area contributed by atoms with Crippen LogP contribution in [-0.4, -0.2) is 9.97 Å². The van der Waals surface area contributed by atoms with E-state index in [1.165, 1.54) is 5.56 Å². The standard InChI is InChI=1S/C24H27F3N4/c1-15(2)12-17-6-5-7-20(13-17)29-22-21(24(25,26)27)14-28-23(31-22)30-19-10-8-18(9-11-19)16(3)4/h5-11,13-16H,12H2,1-4H3,(H2,28,29,30,31). The van der Waals surface area contributed by atoms with Crippen LogP contribution < -0.4 is 10.6 Å². The first-order valence-corrected chi connectivity index (χ1v) is 10.3. The van der Waals surface area contributed by atoms with E-state index in [4.69, 9.17) is 0 Å². The van der Waals surface area contributed by atoms with E-state index in [1.807, 2.05) is 42.5 Å². The zero-order chi connectivity index (χ0) is 22.6. The molecule has 0 radical (unpaired) electrons. The van der Waals surface area contributed by atoms with Gasteiger partial charge in [-0.3, -0.25) is 0 Å². The van der Waals surface area contributed by atoms with Crippen LogP contribution in [0.3, 0.4) is 0 Å². The van der Waals surface area contributed by atoms with Crippen molar-refractivity contribution in [3.05, 3.63) is 71.4 Å². The van der Waals surface area contributed by atoms with E-state index in [0.717, 1.165) is 18.2 Å². The van der Waals surface area contributed by atoms with E-state index in [1.54, 1.807) is 6.07 Å². The highest BCUT2D eigenvalue weighted by Crippen LogP contribution is 2.35. The molecule has 0 fully saturated rings. The van der Waals surface area contributed by atoms with Crippen LogP contribution in [0.5, 0.6) is 0 Å². The Hall–Kier alpha value is -3.09. The molecule has 0 aliphatic carbocycles. The first-order valence-electron chi connectivity index (χ1n) is 10.3. The van der Waals surface area contributed by atoms with Gasteiger partial charge < -0.3 is 10.6 Å². The van der Waals surface area contributed by atoms with Gasteiger partial charge in [0.15, 0.2) is 0 Å². The maximum atomic E-state index is 13.5. The Bertz CT molecular complexity index is 1010. The highest BCUT2D eigenvalue weighted by Gasteiger charge is 2.35. The summed E-state index contributed by atoms with van der Waals surface area (Å²) >= 11 is 0. The summed E-state index contributed by atoms with van der Waals surface area (Å²) < 4.78 is 40.6. The summed E-state index contributed by atoms with van der Waals surface area (Å²) in [5.74, 6) is 0.633. The van der Waals surface area contributed by atoms with Crippen molar-refractivity contribution in [3.63, 3.8) is 0 Å². The summed E-state index contributed by atoms with van der Waals surface area (Å²) in [6.45, 7) is 8.38. The molecule has 0 amide bonds. The molecular weight excluding hydrogens is 401 g/mol. The van der Waals surface area contributed by atoms with E-state index in [9.17, 15) is 13.2 Å². The lowest BCUT2D eigenvalue weighted by Gasteiger charge is -2.16. The smallest absolute Gasteiger partial charge is 0.340 e. The van der Waals surface area contributed by atoms with Crippen LogP contribution in [0.15, 0.2) is 54.7 Å². The minimum Gasteiger partial charge on any atom is -0.340 e. The molecule has 0 atom stereocenters. The first kappa shape index (κ1) is 22.6. The van der Waals surface area contributed by atoms with Crippen molar-refractivity contribution in [1.29, 1.82) is 0 Å². The van der Waals surface area contributed by atoms with Crippen LogP contribution in [0, 0.1) is 5.92 Å². The molecule has 7 heteroatoms. The molecule has 4 nitrogen and oxygen atoms in total. The average molecular weight is 429 g/mol. The minimum absolute atomic E-state index is 0.0890. The van der Waals surface area contributed by atoms with Crippen LogP contribution in [-0.2, 0) is 12.6 Å². The third kappa shape index (κ3) is 6.20. The van der Waals surface area contributed by atoms with Crippen molar-refractivity contribution in [1.82, 2.24) is 9.97 Å². The van der Waals surface area contributed by atoms with Crippen molar-refractivity contribution >= 4 is 23.1 Å². The molecule has 0 unspecified atom stereocenters. The number of hydrogen-bond acceptors (Lipinski definition) is 4. The molecule has 3 rings (SSSR count). The number of nitrogens with one attached hydrogen (secondary N) is 2. The topological polar surface area (TPSA) is 49.8 Å². The van der Waals surface area contributed by atoms with E-state index in [-0.39, 0.29) is 11.8 Å². The largest absolute Gasteiger partial charge is 0.421 e. The Morgan fingerprint density at radius 1 is 0.903 bits per heavy atom. The van der Waals surface area contributed by atoms with Crippen LogP contribution in [0.4, 0.5) is 36.3 Å². The molecule has 31 heavy (non-hydrogen) atoms. The van der Waals surface area contributed by atoms with Crippen molar-refractivity contribution in [2.45, 2.75) is 46.2 Å². The zero-order valence-electron chi connectivity index (χ0n) is 18.1. The predicted molar refractivity (Wildman–Crippen MR) is 119 cm³/mol. The fourth-order valence-corrected chi connectivity index (χ4v) is 3.21. The lowest BCUT2D eigenvalue weighted by atomic mass is 10.0. The number of anilines is 4. The highest BCUT2D eigenvalue weighted by molar-refractivity contribution is 5.63. The molecule has 2 aromatic carbocycles. The summed E-state index contributed by atoms with van der Waals surface area (Å²) in [6, 6.07) is 15.0. The lowest BCUT2D eigenvalue weighted by Crippen LogP contribution is -2.12. The summed E-state index contributed by atoms with van der Waals surface area (Å²) in [7, 11) is 0. The number of aromatic nitrogens is 2. The van der Waals surface area contributed by atoms with Gasteiger partial charge >= 0.3 is 6.18 Å². The second kappa shape index (κ2) is 9.37. The van der Waals surface area contributed by atoms with Gasteiger partial charge in [0.05, 0.1) is 0 Å². The Balaban J connectivity index is 1.89. The molecule has 0 aliphatic heterocycles. The van der Waals surface area contributed by atoms with Gasteiger partial charge in [-0.15, -0.1) is 0 Å². The van der Waals surface area contributed by atoms with Crippen LogP contribution in [0.25, 0.3) is 0 Å². The van der Waals surface area contributed by atoms with Crippen LogP contribution in [0.1, 0.15) is 50.3 Å². The quantitative estimate of drug-likeness (QED) is 0.414. The van der Waals surface area contributed by atoms with E-state index >= 15 is 0 Å². The number of nitrogens with zero attached hydrogens (tertiary/aromatic N) is 2. The molecular formula is C24H27F3N4. The second-order valence-corrected chi connectivity index (χ2v) is 8.28. The van der Waals surface area contributed by atoms with Gasteiger partial charge in [-0.1, -0.05) is 52.0 Å². The summed E-state index contributed by atoms with van der Waals surface area (Å²) in [4.78, 5) is 8.00. The zero-order valence-corrected chi connectivity index (χ0v) is 18.1. The lowest BCUT2D eigenvalue weighted by molar-refractivity contribution is -0.137. The minimum atomic E-state index is -4.57. The van der Waals surface area contributed by atoms with E-state index in [0.29, 0.717) is 23.2 Å². The third-order valence-electron chi connectivity index (χ3n) is 4.76. The van der Waals surface area contributed by atoms with Crippen molar-refractivity contribution in [2.24, 2.45) is 5.92 Å². The van der Waals surface area contributed by atoms with E-state index in [2.05, 4.69) is 48.3 Å². The fraction of sp³-hybridized carbons (Fsp3) is 0.333. The maximum Gasteiger partial charge on any atom is 0.421 e. The molecule has 0 spiro atoms. The van der Waals surface area contributed by atoms with Crippen molar-refractivity contribution < 1.29 is 13.2 Å². The monoisotopic (exact) mass is 428 g/mol. The molecule has 164 valence electrons. The third-order valence-corrected chi connectivity index (χ3v) is 4.76. The second-order valence-electron chi connectivity index (χ2n) is 8.28. The van der Waals surface area contributed by atoms with Gasteiger partial charge in [0.2, 0.25) is 5.95 Å². The summed E-state index contributed by atoms with van der Waals surface area (Å²) in [6.07, 6.45) is -2.93. The molecule has 3 aromatic rings. The normalized spacial score (nSPS) is 11.8. The Labute approximate surface area is 181 Å². The SMILES string of the molecule is CC(C)Cc1cccc(Nc2nc(Nc3ccc(C(C)C)cc3)ncc2C(F)(F)F)c1. The van der Waals surface area contributed by atoms with Crippen LogP contribution in [0.2, 0.25) is 0 Å². The van der Waals surface area contributed by atoms with Gasteiger partial charge in [-0.25, -0.2) is 4.98 Å². The average Bonchev–Trinajstić information content (AvgIpc) is 2.67. The summed E-state index contributed by atoms with van der Waals surface area (Å²) in [5.41, 5.74) is 2.56. The number of benzene rings is 2. The molecule has 0 aliphatic rings. The first-order chi connectivity index (χ1) is 14.6. The Morgan fingerprint density at radius 3 is 2.23 bits per heavy atom. The predicted octanol–water partition coefficient (Wildman–Crippen LogP) is 7.30. The molecule has 0 saturated carbocycles.